The van der Waals surface area contributed by atoms with E-state index < -0.39 is 11.9 Å². The Labute approximate surface area is 110 Å². The van der Waals surface area contributed by atoms with E-state index in [1.54, 1.807) is 6.92 Å². The van der Waals surface area contributed by atoms with E-state index in [-0.39, 0.29) is 0 Å². The van der Waals surface area contributed by atoms with Gasteiger partial charge in [0.2, 0.25) is 0 Å². The second-order valence-electron chi connectivity index (χ2n) is 5.45. The van der Waals surface area contributed by atoms with Gasteiger partial charge in [-0.1, -0.05) is 13.3 Å². The summed E-state index contributed by atoms with van der Waals surface area (Å²) in [5, 5.41) is 8.79. The van der Waals surface area contributed by atoms with Gasteiger partial charge in [0.25, 0.3) is 0 Å². The van der Waals surface area contributed by atoms with E-state index in [2.05, 4.69) is 18.7 Å². The molecule has 106 valence electrons. The zero-order valence-electron chi connectivity index (χ0n) is 11.9. The first-order valence-corrected chi connectivity index (χ1v) is 7.12. The molecular formula is C14H27NO3. The minimum Gasteiger partial charge on any atom is -0.481 e. The molecule has 1 fully saturated rings. The van der Waals surface area contributed by atoms with E-state index in [0.717, 1.165) is 6.54 Å². The molecule has 3 atom stereocenters. The fraction of sp³-hybridized carbons (Fsp3) is 0.929. The van der Waals surface area contributed by atoms with Crippen molar-refractivity contribution in [2.24, 2.45) is 5.92 Å². The fourth-order valence-corrected chi connectivity index (χ4v) is 2.65. The quantitative estimate of drug-likeness (QED) is 0.725. The summed E-state index contributed by atoms with van der Waals surface area (Å²) < 4.78 is 5.58. The highest BCUT2D eigenvalue weighted by Gasteiger charge is 2.28. The highest BCUT2D eigenvalue weighted by atomic mass is 16.5. The molecule has 0 aromatic carbocycles. The van der Waals surface area contributed by atoms with Gasteiger partial charge < -0.3 is 9.84 Å². The Morgan fingerprint density at radius 1 is 1.50 bits per heavy atom. The number of hydrogen-bond donors (Lipinski definition) is 1. The average Bonchev–Trinajstić information content (AvgIpc) is 2.77. The van der Waals surface area contributed by atoms with Gasteiger partial charge in [-0.25, -0.2) is 0 Å². The van der Waals surface area contributed by atoms with Gasteiger partial charge in [-0.15, -0.1) is 0 Å². The molecule has 1 rings (SSSR count). The second-order valence-corrected chi connectivity index (χ2v) is 5.45. The topological polar surface area (TPSA) is 49.8 Å². The van der Waals surface area contributed by atoms with Crippen molar-refractivity contribution in [3.8, 4) is 0 Å². The van der Waals surface area contributed by atoms with Crippen LogP contribution in [-0.4, -0.2) is 47.8 Å². The Kier molecular flexibility index (Phi) is 6.65. The number of carboxylic acids is 1. The van der Waals surface area contributed by atoms with E-state index in [4.69, 9.17) is 9.84 Å². The molecule has 1 aliphatic rings. The predicted octanol–water partition coefficient (Wildman–Crippen LogP) is 2.38. The Bertz CT molecular complexity index is 257. The van der Waals surface area contributed by atoms with Crippen LogP contribution in [0.15, 0.2) is 0 Å². The third-order valence-corrected chi connectivity index (χ3v) is 3.79. The van der Waals surface area contributed by atoms with E-state index in [0.29, 0.717) is 25.3 Å². The number of rotatable bonds is 8. The lowest BCUT2D eigenvalue weighted by Gasteiger charge is -2.30. The molecule has 0 spiro atoms. The molecule has 0 aromatic rings. The molecule has 0 saturated carbocycles. The molecule has 1 heterocycles. The second kappa shape index (κ2) is 7.74. The van der Waals surface area contributed by atoms with Gasteiger partial charge in [-0.05, 0) is 39.7 Å². The highest BCUT2D eigenvalue weighted by molar-refractivity contribution is 5.69. The Morgan fingerprint density at radius 2 is 2.22 bits per heavy atom. The summed E-state index contributed by atoms with van der Waals surface area (Å²) in [5.74, 6) is -1.19. The smallest absolute Gasteiger partial charge is 0.308 e. The minimum absolute atomic E-state index is 0.321. The van der Waals surface area contributed by atoms with Crippen molar-refractivity contribution in [2.45, 2.75) is 58.5 Å². The van der Waals surface area contributed by atoms with Crippen LogP contribution in [0.25, 0.3) is 0 Å². The molecule has 2 unspecified atom stereocenters. The van der Waals surface area contributed by atoms with Crippen LogP contribution in [0.3, 0.4) is 0 Å². The van der Waals surface area contributed by atoms with Gasteiger partial charge in [0, 0.05) is 12.1 Å². The van der Waals surface area contributed by atoms with Gasteiger partial charge in [-0.3, -0.25) is 9.69 Å². The summed E-state index contributed by atoms with van der Waals surface area (Å²) in [6.07, 6.45) is 4.84. The number of nitrogens with zero attached hydrogens (tertiary/aromatic N) is 1. The van der Waals surface area contributed by atoms with Crippen molar-refractivity contribution in [3.63, 3.8) is 0 Å². The van der Waals surface area contributed by atoms with Gasteiger partial charge in [0.15, 0.2) is 0 Å². The Hall–Kier alpha value is -0.610. The van der Waals surface area contributed by atoms with E-state index in [9.17, 15) is 4.79 Å². The van der Waals surface area contributed by atoms with Gasteiger partial charge >= 0.3 is 5.97 Å². The average molecular weight is 257 g/mol. The number of ether oxygens (including phenoxy) is 1. The molecule has 1 saturated heterocycles. The SMILES string of the molecule is CCCC(C)N1CCC[C@H]1COCC(C)C(=O)O. The molecule has 0 bridgehead atoms. The molecular weight excluding hydrogens is 230 g/mol. The largest absolute Gasteiger partial charge is 0.481 e. The molecule has 4 heteroatoms. The van der Waals surface area contributed by atoms with Crippen LogP contribution in [0.1, 0.15) is 46.5 Å². The van der Waals surface area contributed by atoms with Gasteiger partial charge in [0.1, 0.15) is 0 Å². The highest BCUT2D eigenvalue weighted by Crippen LogP contribution is 2.22. The van der Waals surface area contributed by atoms with Crippen LogP contribution in [-0.2, 0) is 9.53 Å². The van der Waals surface area contributed by atoms with E-state index in [1.165, 1.54) is 25.7 Å². The number of carbonyl (C=O) groups is 1. The summed E-state index contributed by atoms with van der Waals surface area (Å²) in [5.41, 5.74) is 0. The lowest BCUT2D eigenvalue weighted by atomic mass is 10.1. The Balaban J connectivity index is 2.30. The number of aliphatic carboxylic acids is 1. The normalized spacial score (nSPS) is 24.1. The van der Waals surface area contributed by atoms with Crippen LogP contribution in [0.5, 0.6) is 0 Å². The number of hydrogen-bond acceptors (Lipinski definition) is 3. The number of carboxylic acid groups (broad SMARTS) is 1. The lowest BCUT2D eigenvalue weighted by molar-refractivity contribution is -0.143. The monoisotopic (exact) mass is 257 g/mol. The molecule has 0 amide bonds. The standard InChI is InChI=1S/C14H27NO3/c1-4-6-12(3)15-8-5-7-13(15)10-18-9-11(2)14(16)17/h11-13H,4-10H2,1-3H3,(H,16,17)/t11?,12?,13-/m0/s1. The first kappa shape index (κ1) is 15.4. The zero-order chi connectivity index (χ0) is 13.5. The summed E-state index contributed by atoms with van der Waals surface area (Å²) in [6.45, 7) is 8.33. The van der Waals surface area contributed by atoms with Crippen LogP contribution in [0.4, 0.5) is 0 Å². The maximum absolute atomic E-state index is 10.7. The fourth-order valence-electron chi connectivity index (χ4n) is 2.65. The van der Waals surface area contributed by atoms with Crippen molar-refractivity contribution < 1.29 is 14.6 Å². The zero-order valence-corrected chi connectivity index (χ0v) is 11.9. The summed E-state index contributed by atoms with van der Waals surface area (Å²) in [7, 11) is 0. The minimum atomic E-state index is -0.780. The van der Waals surface area contributed by atoms with Crippen LogP contribution < -0.4 is 0 Å². The van der Waals surface area contributed by atoms with Gasteiger partial charge in [0.05, 0.1) is 19.1 Å². The van der Waals surface area contributed by atoms with Crippen molar-refractivity contribution in [1.29, 1.82) is 0 Å². The van der Waals surface area contributed by atoms with E-state index in [1.807, 2.05) is 0 Å². The first-order chi connectivity index (χ1) is 8.56. The van der Waals surface area contributed by atoms with Crippen LogP contribution >= 0.6 is 0 Å². The molecule has 1 aliphatic heterocycles. The molecule has 1 N–H and O–H groups in total. The van der Waals surface area contributed by atoms with Crippen LogP contribution in [0, 0.1) is 5.92 Å². The predicted molar refractivity (Wildman–Crippen MR) is 71.7 cm³/mol. The van der Waals surface area contributed by atoms with Crippen molar-refractivity contribution in [3.05, 3.63) is 0 Å². The van der Waals surface area contributed by atoms with E-state index >= 15 is 0 Å². The molecule has 18 heavy (non-hydrogen) atoms. The molecule has 0 aromatic heterocycles. The molecule has 0 radical (unpaired) electrons. The number of likely N-dealkylation sites (tertiary alicyclic amines) is 1. The molecule has 4 nitrogen and oxygen atoms in total. The van der Waals surface area contributed by atoms with Crippen molar-refractivity contribution in [1.82, 2.24) is 4.90 Å². The third-order valence-electron chi connectivity index (χ3n) is 3.79. The van der Waals surface area contributed by atoms with Crippen molar-refractivity contribution in [2.75, 3.05) is 19.8 Å². The third kappa shape index (κ3) is 4.58. The maximum atomic E-state index is 10.7. The summed E-state index contributed by atoms with van der Waals surface area (Å²) >= 11 is 0. The van der Waals surface area contributed by atoms with Crippen molar-refractivity contribution >= 4 is 5.97 Å². The summed E-state index contributed by atoms with van der Waals surface area (Å²) in [6, 6.07) is 1.09. The summed E-state index contributed by atoms with van der Waals surface area (Å²) in [4.78, 5) is 13.2. The first-order valence-electron chi connectivity index (χ1n) is 7.12. The Morgan fingerprint density at radius 3 is 2.83 bits per heavy atom. The van der Waals surface area contributed by atoms with Gasteiger partial charge in [-0.2, -0.15) is 0 Å². The maximum Gasteiger partial charge on any atom is 0.308 e. The molecule has 0 aliphatic carbocycles. The van der Waals surface area contributed by atoms with Crippen LogP contribution in [0.2, 0.25) is 0 Å². The lowest BCUT2D eigenvalue weighted by Crippen LogP contribution is -2.40.